The van der Waals surface area contributed by atoms with Crippen LogP contribution in [0.4, 0.5) is 13.2 Å². The first-order valence-electron chi connectivity index (χ1n) is 8.16. The van der Waals surface area contributed by atoms with E-state index in [1.54, 1.807) is 0 Å². The number of piperazine rings is 1. The molecule has 0 spiro atoms. The zero-order chi connectivity index (χ0) is 17.6. The third-order valence-electron chi connectivity index (χ3n) is 4.18. The van der Waals surface area contributed by atoms with Gasteiger partial charge in [-0.1, -0.05) is 30.3 Å². The van der Waals surface area contributed by atoms with E-state index in [4.69, 9.17) is 0 Å². The molecule has 0 unspecified atom stereocenters. The molecule has 0 bridgehead atoms. The van der Waals surface area contributed by atoms with Crippen LogP contribution in [0.15, 0.2) is 30.3 Å². The molecule has 1 N–H and O–H groups in total. The summed E-state index contributed by atoms with van der Waals surface area (Å²) < 4.78 is 36.3. The van der Waals surface area contributed by atoms with Crippen LogP contribution in [0.3, 0.4) is 0 Å². The number of nitrogens with zero attached hydrogens (tertiary/aromatic N) is 2. The molecule has 1 atom stereocenters. The Morgan fingerprint density at radius 3 is 2.62 bits per heavy atom. The van der Waals surface area contributed by atoms with Crippen molar-refractivity contribution in [1.82, 2.24) is 15.1 Å². The van der Waals surface area contributed by atoms with Gasteiger partial charge in [0.25, 0.3) is 0 Å². The van der Waals surface area contributed by atoms with Crippen molar-refractivity contribution in [3.8, 4) is 0 Å². The van der Waals surface area contributed by atoms with E-state index >= 15 is 0 Å². The molecule has 1 aliphatic rings. The number of halogens is 3. The maximum atomic E-state index is 12.1. The largest absolute Gasteiger partial charge is 0.397 e. The second-order valence-corrected chi connectivity index (χ2v) is 6.22. The quantitative estimate of drug-likeness (QED) is 0.806. The summed E-state index contributed by atoms with van der Waals surface area (Å²) in [5, 5.41) is 2.35. The van der Waals surface area contributed by atoms with Gasteiger partial charge >= 0.3 is 6.18 Å². The van der Waals surface area contributed by atoms with Gasteiger partial charge in [-0.25, -0.2) is 0 Å². The minimum atomic E-state index is -4.44. The summed E-state index contributed by atoms with van der Waals surface area (Å²) in [5.74, 6) is -0.958. The first-order valence-corrected chi connectivity index (χ1v) is 8.16. The van der Waals surface area contributed by atoms with Crippen LogP contribution in [0.25, 0.3) is 0 Å². The van der Waals surface area contributed by atoms with Gasteiger partial charge in [0, 0.05) is 38.8 Å². The number of carbonyl (C=O) groups excluding carboxylic acids is 1. The highest BCUT2D eigenvalue weighted by Crippen LogP contribution is 2.24. The summed E-state index contributed by atoms with van der Waals surface area (Å²) in [6.07, 6.45) is -5.22. The van der Waals surface area contributed by atoms with Gasteiger partial charge in [0.05, 0.1) is 0 Å². The van der Waals surface area contributed by atoms with Crippen LogP contribution in [-0.2, 0) is 4.79 Å². The molecule has 1 saturated heterocycles. The lowest BCUT2D eigenvalue weighted by molar-refractivity contribution is -0.153. The van der Waals surface area contributed by atoms with Gasteiger partial charge in [-0.2, -0.15) is 13.2 Å². The van der Waals surface area contributed by atoms with E-state index in [0.29, 0.717) is 6.42 Å². The van der Waals surface area contributed by atoms with E-state index < -0.39 is 18.5 Å². The molecule has 134 valence electrons. The molecule has 0 saturated carbocycles. The molecule has 0 aromatic heterocycles. The van der Waals surface area contributed by atoms with Crippen molar-refractivity contribution in [2.24, 2.45) is 0 Å². The summed E-state index contributed by atoms with van der Waals surface area (Å²) in [4.78, 5) is 15.8. The number of hydrogen-bond acceptors (Lipinski definition) is 3. The Labute approximate surface area is 140 Å². The van der Waals surface area contributed by atoms with Crippen LogP contribution in [0.5, 0.6) is 0 Å². The van der Waals surface area contributed by atoms with Crippen molar-refractivity contribution >= 4 is 5.91 Å². The smallest absolute Gasteiger partial charge is 0.356 e. The molecule has 1 amide bonds. The fourth-order valence-electron chi connectivity index (χ4n) is 2.97. The fraction of sp³-hybridized carbons (Fsp3) is 0.588. The van der Waals surface area contributed by atoms with Crippen LogP contribution < -0.4 is 5.32 Å². The molecule has 1 aromatic carbocycles. The molecule has 2 rings (SSSR count). The van der Waals surface area contributed by atoms with Gasteiger partial charge < -0.3 is 10.2 Å². The van der Waals surface area contributed by atoms with Gasteiger partial charge in [-0.15, -0.1) is 0 Å². The first-order chi connectivity index (χ1) is 11.3. The summed E-state index contributed by atoms with van der Waals surface area (Å²) in [6.45, 7) is 3.81. The van der Waals surface area contributed by atoms with E-state index in [0.717, 1.165) is 26.2 Å². The number of likely N-dealkylation sites (N-methyl/N-ethyl adjacent to an activating group) is 1. The van der Waals surface area contributed by atoms with Crippen molar-refractivity contribution in [2.75, 3.05) is 39.8 Å². The summed E-state index contributed by atoms with van der Waals surface area (Å²) in [5.41, 5.74) is 1.24. The zero-order valence-corrected chi connectivity index (χ0v) is 13.9. The molecular formula is C17H24F3N3O. The lowest BCUT2D eigenvalue weighted by atomic mass is 10.0. The Bertz CT molecular complexity index is 522. The molecular weight excluding hydrogens is 319 g/mol. The zero-order valence-electron chi connectivity index (χ0n) is 13.9. The van der Waals surface area contributed by atoms with Crippen molar-refractivity contribution in [1.29, 1.82) is 0 Å². The molecule has 4 nitrogen and oxygen atoms in total. The highest BCUT2D eigenvalue weighted by molar-refractivity contribution is 5.76. The molecule has 7 heteroatoms. The van der Waals surface area contributed by atoms with E-state index in [9.17, 15) is 18.0 Å². The SMILES string of the molecule is CN1CCN(CCCNC(=O)CC(F)(F)F)[C@@H](c2ccccc2)C1. The predicted octanol–water partition coefficient (Wildman–Crippen LogP) is 2.43. The third-order valence-corrected chi connectivity index (χ3v) is 4.18. The molecule has 24 heavy (non-hydrogen) atoms. The maximum Gasteiger partial charge on any atom is 0.397 e. The third kappa shape index (κ3) is 6.13. The highest BCUT2D eigenvalue weighted by Gasteiger charge is 2.31. The van der Waals surface area contributed by atoms with E-state index in [1.165, 1.54) is 5.56 Å². The van der Waals surface area contributed by atoms with Gasteiger partial charge in [-0.05, 0) is 19.0 Å². The molecule has 0 aliphatic carbocycles. The fourth-order valence-corrected chi connectivity index (χ4v) is 2.97. The van der Waals surface area contributed by atoms with Crippen molar-refractivity contribution in [2.45, 2.75) is 25.1 Å². The van der Waals surface area contributed by atoms with Crippen LogP contribution in [0, 0.1) is 0 Å². The van der Waals surface area contributed by atoms with Crippen LogP contribution in [-0.4, -0.2) is 61.7 Å². The Morgan fingerprint density at radius 1 is 1.25 bits per heavy atom. The van der Waals surface area contributed by atoms with Gasteiger partial charge in [0.15, 0.2) is 0 Å². The first kappa shape index (κ1) is 18.7. The van der Waals surface area contributed by atoms with Crippen molar-refractivity contribution in [3.05, 3.63) is 35.9 Å². The lowest BCUT2D eigenvalue weighted by Crippen LogP contribution is -2.47. The number of amides is 1. The Balaban J connectivity index is 1.81. The number of carbonyl (C=O) groups is 1. The number of rotatable bonds is 6. The number of hydrogen-bond donors (Lipinski definition) is 1. The average Bonchev–Trinajstić information content (AvgIpc) is 2.52. The second kappa shape index (κ2) is 8.48. The average molecular weight is 343 g/mol. The molecule has 0 radical (unpaired) electrons. The Kier molecular flexibility index (Phi) is 6.62. The van der Waals surface area contributed by atoms with Crippen LogP contribution in [0.1, 0.15) is 24.4 Å². The minimum Gasteiger partial charge on any atom is -0.356 e. The predicted molar refractivity (Wildman–Crippen MR) is 86.6 cm³/mol. The number of benzene rings is 1. The molecule has 1 aliphatic heterocycles. The number of alkyl halides is 3. The molecule has 1 fully saturated rings. The van der Waals surface area contributed by atoms with Crippen molar-refractivity contribution in [3.63, 3.8) is 0 Å². The monoisotopic (exact) mass is 343 g/mol. The minimum absolute atomic E-state index is 0.267. The lowest BCUT2D eigenvalue weighted by Gasteiger charge is -2.40. The molecule has 1 heterocycles. The van der Waals surface area contributed by atoms with Gasteiger partial charge in [0.2, 0.25) is 5.91 Å². The number of nitrogens with one attached hydrogen (secondary N) is 1. The van der Waals surface area contributed by atoms with Crippen LogP contribution >= 0.6 is 0 Å². The summed E-state index contributed by atoms with van der Waals surface area (Å²) >= 11 is 0. The topological polar surface area (TPSA) is 35.6 Å². The Morgan fingerprint density at radius 2 is 1.96 bits per heavy atom. The highest BCUT2D eigenvalue weighted by atomic mass is 19.4. The molecule has 1 aromatic rings. The van der Waals surface area contributed by atoms with Crippen molar-refractivity contribution < 1.29 is 18.0 Å². The van der Waals surface area contributed by atoms with Gasteiger partial charge in [-0.3, -0.25) is 9.69 Å². The maximum absolute atomic E-state index is 12.1. The van der Waals surface area contributed by atoms with Crippen LogP contribution in [0.2, 0.25) is 0 Å². The Hall–Kier alpha value is -1.60. The standard InChI is InChI=1S/C17H24F3N3O/c1-22-10-11-23(15(13-22)14-6-3-2-4-7-14)9-5-8-21-16(24)12-17(18,19)20/h2-4,6-7,15H,5,8-13H2,1H3,(H,21,24)/t15-/m1/s1. The van der Waals surface area contributed by atoms with E-state index in [2.05, 4.69) is 34.3 Å². The summed E-state index contributed by atoms with van der Waals surface area (Å²) in [6, 6.07) is 10.5. The van der Waals surface area contributed by atoms with E-state index in [1.807, 2.05) is 18.2 Å². The van der Waals surface area contributed by atoms with E-state index in [-0.39, 0.29) is 12.6 Å². The normalized spacial score (nSPS) is 20.1. The summed E-state index contributed by atoms with van der Waals surface area (Å²) in [7, 11) is 2.09. The van der Waals surface area contributed by atoms with Gasteiger partial charge in [0.1, 0.15) is 6.42 Å². The second-order valence-electron chi connectivity index (χ2n) is 6.22.